The minimum absolute atomic E-state index is 0.0831. The molecule has 0 aliphatic heterocycles. The number of halogens is 3. The Morgan fingerprint density at radius 1 is 0.964 bits per heavy atom. The molecule has 0 saturated heterocycles. The van der Waals surface area contributed by atoms with Gasteiger partial charge in [-0.2, -0.15) is 0 Å². The van der Waals surface area contributed by atoms with Gasteiger partial charge in [0.25, 0.3) is 5.91 Å². The molecule has 1 saturated carbocycles. The lowest BCUT2D eigenvalue weighted by molar-refractivity contribution is 0.0946. The summed E-state index contributed by atoms with van der Waals surface area (Å²) in [6, 6.07) is 12.3. The summed E-state index contributed by atoms with van der Waals surface area (Å²) in [6.45, 7) is 0. The van der Waals surface area contributed by atoms with Crippen molar-refractivity contribution < 1.29 is 18.0 Å². The van der Waals surface area contributed by atoms with E-state index in [0.717, 1.165) is 25.0 Å². The lowest BCUT2D eigenvalue weighted by Crippen LogP contribution is -2.26. The minimum atomic E-state index is -1.59. The number of anilines is 2. The van der Waals surface area contributed by atoms with E-state index >= 15 is 0 Å². The molecule has 1 aromatic heterocycles. The second-order valence-electron chi connectivity index (χ2n) is 6.42. The summed E-state index contributed by atoms with van der Waals surface area (Å²) in [5, 5.41) is 5.43. The van der Waals surface area contributed by atoms with Crippen LogP contribution in [0.25, 0.3) is 11.4 Å². The summed E-state index contributed by atoms with van der Waals surface area (Å²) in [5.41, 5.74) is 0.439. The first-order chi connectivity index (χ1) is 13.5. The van der Waals surface area contributed by atoms with E-state index in [1.807, 2.05) is 6.07 Å². The molecule has 1 amide bonds. The molecule has 0 spiro atoms. The summed E-state index contributed by atoms with van der Waals surface area (Å²) >= 11 is 0. The Morgan fingerprint density at radius 3 is 2.43 bits per heavy atom. The second kappa shape index (κ2) is 7.30. The number of nitrogens with one attached hydrogen (secondary N) is 2. The van der Waals surface area contributed by atoms with Crippen molar-refractivity contribution in [3.05, 3.63) is 71.7 Å². The van der Waals surface area contributed by atoms with Crippen molar-refractivity contribution in [1.29, 1.82) is 0 Å². The third-order valence-electron chi connectivity index (χ3n) is 4.20. The van der Waals surface area contributed by atoms with E-state index < -0.39 is 17.5 Å². The lowest BCUT2D eigenvalue weighted by Gasteiger charge is -2.11. The SMILES string of the molecule is O=C(NC1CC1)c1cc(Nc2ccc(F)c(F)c2F)nc(-c2ccccc2)n1. The number of carbonyl (C=O) groups excluding carboxylic acids is 1. The zero-order chi connectivity index (χ0) is 19.7. The number of amides is 1. The third-order valence-corrected chi connectivity index (χ3v) is 4.20. The van der Waals surface area contributed by atoms with E-state index in [9.17, 15) is 18.0 Å². The van der Waals surface area contributed by atoms with Crippen molar-refractivity contribution in [1.82, 2.24) is 15.3 Å². The van der Waals surface area contributed by atoms with Gasteiger partial charge < -0.3 is 10.6 Å². The maximum absolute atomic E-state index is 14.0. The maximum atomic E-state index is 14.0. The zero-order valence-electron chi connectivity index (χ0n) is 14.5. The highest BCUT2D eigenvalue weighted by Crippen LogP contribution is 2.25. The predicted molar refractivity (Wildman–Crippen MR) is 97.6 cm³/mol. The van der Waals surface area contributed by atoms with Crippen molar-refractivity contribution in [2.45, 2.75) is 18.9 Å². The molecular formula is C20H15F3N4O. The summed E-state index contributed by atoms with van der Waals surface area (Å²) in [7, 11) is 0. The Bertz CT molecular complexity index is 1040. The Balaban J connectivity index is 1.73. The number of nitrogens with zero attached hydrogens (tertiary/aromatic N) is 2. The monoisotopic (exact) mass is 384 g/mol. The van der Waals surface area contributed by atoms with Gasteiger partial charge in [0.1, 0.15) is 11.5 Å². The van der Waals surface area contributed by atoms with Crippen LogP contribution in [0.1, 0.15) is 23.3 Å². The largest absolute Gasteiger partial charge is 0.348 e. The van der Waals surface area contributed by atoms with Crippen LogP contribution in [0, 0.1) is 17.5 Å². The molecule has 0 atom stereocenters. The normalized spacial score (nSPS) is 13.2. The Hall–Kier alpha value is -3.42. The molecule has 5 nitrogen and oxygen atoms in total. The smallest absolute Gasteiger partial charge is 0.270 e. The van der Waals surface area contributed by atoms with Gasteiger partial charge in [0.15, 0.2) is 23.3 Å². The molecule has 1 fully saturated rings. The van der Waals surface area contributed by atoms with E-state index in [1.54, 1.807) is 24.3 Å². The van der Waals surface area contributed by atoms with Crippen LogP contribution in [0.3, 0.4) is 0 Å². The molecule has 3 aromatic rings. The first-order valence-corrected chi connectivity index (χ1v) is 8.67. The molecule has 1 aliphatic carbocycles. The summed E-state index contributed by atoms with van der Waals surface area (Å²) in [5.74, 6) is -4.30. The van der Waals surface area contributed by atoms with Crippen LogP contribution in [0.4, 0.5) is 24.7 Å². The number of hydrogen-bond acceptors (Lipinski definition) is 4. The van der Waals surface area contributed by atoms with Crippen LogP contribution in [0.15, 0.2) is 48.5 Å². The summed E-state index contributed by atoms with van der Waals surface area (Å²) in [4.78, 5) is 21.0. The van der Waals surface area contributed by atoms with Crippen LogP contribution in [-0.4, -0.2) is 21.9 Å². The third kappa shape index (κ3) is 3.80. The van der Waals surface area contributed by atoms with Gasteiger partial charge in [-0.15, -0.1) is 0 Å². The lowest BCUT2D eigenvalue weighted by atomic mass is 10.2. The van der Waals surface area contributed by atoms with E-state index in [-0.39, 0.29) is 35.0 Å². The molecular weight excluding hydrogens is 369 g/mol. The van der Waals surface area contributed by atoms with Crippen molar-refractivity contribution >= 4 is 17.4 Å². The molecule has 2 N–H and O–H groups in total. The Kier molecular flexibility index (Phi) is 4.68. The molecule has 0 radical (unpaired) electrons. The molecule has 8 heteroatoms. The number of hydrogen-bond donors (Lipinski definition) is 2. The van der Waals surface area contributed by atoms with Crippen LogP contribution >= 0.6 is 0 Å². The number of benzene rings is 2. The second-order valence-corrected chi connectivity index (χ2v) is 6.42. The van der Waals surface area contributed by atoms with Gasteiger partial charge in [-0.05, 0) is 25.0 Å². The minimum Gasteiger partial charge on any atom is -0.348 e. The van der Waals surface area contributed by atoms with E-state index in [4.69, 9.17) is 0 Å². The van der Waals surface area contributed by atoms with E-state index in [0.29, 0.717) is 5.56 Å². The number of aromatic nitrogens is 2. The predicted octanol–water partition coefficient (Wildman–Crippen LogP) is 4.20. The molecule has 1 heterocycles. The van der Waals surface area contributed by atoms with Crippen molar-refractivity contribution in [3.8, 4) is 11.4 Å². The first kappa shape index (κ1) is 18.0. The molecule has 28 heavy (non-hydrogen) atoms. The van der Waals surface area contributed by atoms with Crippen molar-refractivity contribution in [2.24, 2.45) is 0 Å². The first-order valence-electron chi connectivity index (χ1n) is 8.67. The molecule has 142 valence electrons. The Morgan fingerprint density at radius 2 is 1.71 bits per heavy atom. The summed E-state index contributed by atoms with van der Waals surface area (Å²) < 4.78 is 40.7. The van der Waals surface area contributed by atoms with Gasteiger partial charge in [0, 0.05) is 17.7 Å². The highest BCUT2D eigenvalue weighted by Gasteiger charge is 2.25. The zero-order valence-corrected chi connectivity index (χ0v) is 14.5. The van der Waals surface area contributed by atoms with Crippen LogP contribution in [0.5, 0.6) is 0 Å². The standard InChI is InChI=1S/C20H15F3N4O/c21-13-8-9-14(18(23)17(13)22)25-16-10-15(20(28)24-12-6-7-12)26-19(27-16)11-4-2-1-3-5-11/h1-5,8-10,12H,6-7H2,(H,24,28)(H,25,26,27). The van der Waals surface area contributed by atoms with Gasteiger partial charge in [0.05, 0.1) is 5.69 Å². The van der Waals surface area contributed by atoms with Gasteiger partial charge >= 0.3 is 0 Å². The topological polar surface area (TPSA) is 66.9 Å². The fourth-order valence-corrected chi connectivity index (χ4v) is 2.59. The van der Waals surface area contributed by atoms with Gasteiger partial charge in [-0.25, -0.2) is 23.1 Å². The van der Waals surface area contributed by atoms with E-state index in [2.05, 4.69) is 20.6 Å². The number of rotatable bonds is 5. The summed E-state index contributed by atoms with van der Waals surface area (Å²) in [6.07, 6.45) is 1.82. The highest BCUT2D eigenvalue weighted by atomic mass is 19.2. The van der Waals surface area contributed by atoms with Crippen molar-refractivity contribution in [3.63, 3.8) is 0 Å². The Labute approximate surface area is 158 Å². The fraction of sp³-hybridized carbons (Fsp3) is 0.150. The molecule has 4 rings (SSSR count). The molecule has 1 aliphatic rings. The average Bonchev–Trinajstić information content (AvgIpc) is 3.53. The quantitative estimate of drug-likeness (QED) is 0.647. The maximum Gasteiger partial charge on any atom is 0.270 e. The van der Waals surface area contributed by atoms with Gasteiger partial charge in [-0.3, -0.25) is 4.79 Å². The van der Waals surface area contributed by atoms with Crippen LogP contribution in [-0.2, 0) is 0 Å². The highest BCUT2D eigenvalue weighted by molar-refractivity contribution is 5.94. The number of carbonyl (C=O) groups is 1. The van der Waals surface area contributed by atoms with Crippen LogP contribution in [0.2, 0.25) is 0 Å². The average molecular weight is 384 g/mol. The van der Waals surface area contributed by atoms with Crippen molar-refractivity contribution in [2.75, 3.05) is 5.32 Å². The molecule has 0 unspecified atom stereocenters. The fourth-order valence-electron chi connectivity index (χ4n) is 2.59. The van der Waals surface area contributed by atoms with Gasteiger partial charge in [-0.1, -0.05) is 30.3 Å². The van der Waals surface area contributed by atoms with Crippen LogP contribution < -0.4 is 10.6 Å². The molecule has 2 aromatic carbocycles. The molecule has 0 bridgehead atoms. The van der Waals surface area contributed by atoms with Gasteiger partial charge in [0.2, 0.25) is 0 Å². The van der Waals surface area contributed by atoms with E-state index in [1.165, 1.54) is 6.07 Å².